The molecule has 0 unspecified atom stereocenters. The van der Waals surface area contributed by atoms with Gasteiger partial charge in [-0.15, -0.1) is 0 Å². The molecule has 2 N–H and O–H groups in total. The molecular formula is C30H25N3O6. The number of carbonyl (C=O) groups is 3. The Kier molecular flexibility index (Phi) is 8.66. The Morgan fingerprint density at radius 3 is 2.15 bits per heavy atom. The molecule has 0 fully saturated rings. The molecule has 0 aromatic heterocycles. The number of rotatable bonds is 9. The molecule has 39 heavy (non-hydrogen) atoms. The van der Waals surface area contributed by atoms with E-state index >= 15 is 0 Å². The van der Waals surface area contributed by atoms with Crippen molar-refractivity contribution >= 4 is 29.7 Å². The molecule has 0 bridgehead atoms. The summed E-state index contributed by atoms with van der Waals surface area (Å²) in [5.41, 5.74) is 4.71. The van der Waals surface area contributed by atoms with Gasteiger partial charge in [-0.3, -0.25) is 9.59 Å². The molecule has 2 amide bonds. The average Bonchev–Trinajstić information content (AvgIpc) is 2.98. The monoisotopic (exact) mass is 523 g/mol. The third-order valence-corrected chi connectivity index (χ3v) is 5.51. The fourth-order valence-electron chi connectivity index (χ4n) is 3.50. The van der Waals surface area contributed by atoms with E-state index in [-0.39, 0.29) is 11.7 Å². The van der Waals surface area contributed by atoms with E-state index in [2.05, 4.69) is 15.8 Å². The van der Waals surface area contributed by atoms with Gasteiger partial charge in [0.1, 0.15) is 5.75 Å². The Labute approximate surface area is 225 Å². The molecule has 0 aliphatic rings. The Morgan fingerprint density at radius 1 is 0.692 bits per heavy atom. The van der Waals surface area contributed by atoms with E-state index in [9.17, 15) is 14.4 Å². The van der Waals surface area contributed by atoms with Gasteiger partial charge in [0.15, 0.2) is 11.5 Å². The Bertz CT molecular complexity index is 1500. The van der Waals surface area contributed by atoms with Crippen molar-refractivity contribution in [1.82, 2.24) is 5.43 Å². The van der Waals surface area contributed by atoms with Crippen LogP contribution in [0.4, 0.5) is 5.69 Å². The molecule has 0 saturated carbocycles. The average molecular weight is 524 g/mol. The van der Waals surface area contributed by atoms with Gasteiger partial charge in [0.05, 0.1) is 26.0 Å². The van der Waals surface area contributed by atoms with Crippen molar-refractivity contribution in [1.29, 1.82) is 0 Å². The minimum Gasteiger partial charge on any atom is -0.497 e. The van der Waals surface area contributed by atoms with E-state index in [0.29, 0.717) is 39.4 Å². The number of nitrogens with one attached hydrogen (secondary N) is 2. The predicted molar refractivity (Wildman–Crippen MR) is 147 cm³/mol. The lowest BCUT2D eigenvalue weighted by molar-refractivity contribution is 0.0729. The van der Waals surface area contributed by atoms with Gasteiger partial charge in [0, 0.05) is 16.8 Å². The second kappa shape index (κ2) is 12.7. The highest BCUT2D eigenvalue weighted by Gasteiger charge is 2.13. The van der Waals surface area contributed by atoms with Gasteiger partial charge in [0.25, 0.3) is 11.8 Å². The lowest BCUT2D eigenvalue weighted by Gasteiger charge is -2.10. The summed E-state index contributed by atoms with van der Waals surface area (Å²) in [5, 5.41) is 6.77. The van der Waals surface area contributed by atoms with E-state index in [1.807, 2.05) is 6.07 Å². The molecule has 9 heteroatoms. The summed E-state index contributed by atoms with van der Waals surface area (Å²) >= 11 is 0. The molecule has 4 aromatic rings. The van der Waals surface area contributed by atoms with Gasteiger partial charge in [-0.25, -0.2) is 10.2 Å². The van der Waals surface area contributed by atoms with Crippen LogP contribution < -0.4 is 25.0 Å². The lowest BCUT2D eigenvalue weighted by atomic mass is 10.1. The fraction of sp³-hybridized carbons (Fsp3) is 0.0667. The predicted octanol–water partition coefficient (Wildman–Crippen LogP) is 4.94. The number of amides is 2. The number of nitrogens with zero attached hydrogens (tertiary/aromatic N) is 1. The molecule has 4 rings (SSSR count). The lowest BCUT2D eigenvalue weighted by Crippen LogP contribution is -2.18. The second-order valence-electron chi connectivity index (χ2n) is 8.13. The van der Waals surface area contributed by atoms with Crippen LogP contribution in [-0.4, -0.2) is 38.2 Å². The number of ether oxygens (including phenoxy) is 3. The Morgan fingerprint density at radius 2 is 1.44 bits per heavy atom. The summed E-state index contributed by atoms with van der Waals surface area (Å²) in [5.74, 6) is -0.116. The molecule has 0 radical (unpaired) electrons. The number of hydrazone groups is 1. The maximum Gasteiger partial charge on any atom is 0.343 e. The summed E-state index contributed by atoms with van der Waals surface area (Å²) in [6.07, 6.45) is 1.43. The fourth-order valence-corrected chi connectivity index (χ4v) is 3.50. The number of carbonyl (C=O) groups excluding carboxylic acids is 3. The minimum atomic E-state index is -0.549. The summed E-state index contributed by atoms with van der Waals surface area (Å²) < 4.78 is 15.9. The van der Waals surface area contributed by atoms with Gasteiger partial charge in [0.2, 0.25) is 0 Å². The summed E-state index contributed by atoms with van der Waals surface area (Å²) in [4.78, 5) is 37.5. The second-order valence-corrected chi connectivity index (χ2v) is 8.13. The molecular weight excluding hydrogens is 498 g/mol. The number of esters is 1. The van der Waals surface area contributed by atoms with E-state index in [4.69, 9.17) is 14.2 Å². The maximum atomic E-state index is 12.6. The van der Waals surface area contributed by atoms with Crippen molar-refractivity contribution in [3.05, 3.63) is 119 Å². The number of hydrogen-bond acceptors (Lipinski definition) is 7. The maximum absolute atomic E-state index is 12.6. The smallest absolute Gasteiger partial charge is 0.343 e. The number of benzene rings is 4. The SMILES string of the molecule is COc1ccc(C(=O)Oc2ccc(C=NNC(=O)c3cccc(NC(=O)c4ccccc4)c3)cc2OC)cc1. The van der Waals surface area contributed by atoms with Crippen molar-refractivity contribution in [3.63, 3.8) is 0 Å². The molecule has 0 aliphatic carbocycles. The van der Waals surface area contributed by atoms with Crippen molar-refractivity contribution in [2.75, 3.05) is 19.5 Å². The third-order valence-electron chi connectivity index (χ3n) is 5.51. The standard InChI is InChI=1S/C30H25N3O6/c1-37-25-14-12-22(13-15-25)30(36)39-26-16-11-20(17-27(26)38-2)19-31-33-29(35)23-9-6-10-24(18-23)32-28(34)21-7-4-3-5-8-21/h3-19H,1-2H3,(H,32,34)(H,33,35). The van der Waals surface area contributed by atoms with Crippen molar-refractivity contribution in [3.8, 4) is 17.2 Å². The van der Waals surface area contributed by atoms with Crippen LogP contribution in [0.3, 0.4) is 0 Å². The zero-order chi connectivity index (χ0) is 27.6. The van der Waals surface area contributed by atoms with Gasteiger partial charge in [-0.2, -0.15) is 5.10 Å². The zero-order valence-corrected chi connectivity index (χ0v) is 21.2. The van der Waals surface area contributed by atoms with Crippen LogP contribution in [0.15, 0.2) is 102 Å². The van der Waals surface area contributed by atoms with Crippen LogP contribution in [0.1, 0.15) is 36.6 Å². The number of hydrogen-bond donors (Lipinski definition) is 2. The van der Waals surface area contributed by atoms with Crippen LogP contribution in [0, 0.1) is 0 Å². The topological polar surface area (TPSA) is 115 Å². The van der Waals surface area contributed by atoms with E-state index in [1.54, 1.807) is 98.1 Å². The van der Waals surface area contributed by atoms with E-state index < -0.39 is 11.9 Å². The molecule has 196 valence electrons. The normalized spacial score (nSPS) is 10.5. The molecule has 0 heterocycles. The van der Waals surface area contributed by atoms with Gasteiger partial charge < -0.3 is 19.5 Å². The van der Waals surface area contributed by atoms with Crippen molar-refractivity contribution in [2.45, 2.75) is 0 Å². The van der Waals surface area contributed by atoms with Crippen LogP contribution in [0.2, 0.25) is 0 Å². The Balaban J connectivity index is 1.37. The van der Waals surface area contributed by atoms with Crippen LogP contribution in [0.5, 0.6) is 17.2 Å². The summed E-state index contributed by atoms with van der Waals surface area (Å²) in [6, 6.07) is 26.7. The highest BCUT2D eigenvalue weighted by Crippen LogP contribution is 2.28. The molecule has 4 aromatic carbocycles. The summed E-state index contributed by atoms with van der Waals surface area (Å²) in [6.45, 7) is 0. The van der Waals surface area contributed by atoms with Gasteiger partial charge in [-0.1, -0.05) is 24.3 Å². The van der Waals surface area contributed by atoms with Crippen molar-refractivity contribution in [2.24, 2.45) is 5.10 Å². The number of anilines is 1. The van der Waals surface area contributed by atoms with Crippen LogP contribution >= 0.6 is 0 Å². The molecule has 0 aliphatic heterocycles. The Hall–Kier alpha value is -5.44. The first-order chi connectivity index (χ1) is 19.0. The highest BCUT2D eigenvalue weighted by molar-refractivity contribution is 6.05. The van der Waals surface area contributed by atoms with Crippen LogP contribution in [-0.2, 0) is 0 Å². The van der Waals surface area contributed by atoms with Crippen molar-refractivity contribution < 1.29 is 28.6 Å². The largest absolute Gasteiger partial charge is 0.497 e. The molecule has 0 spiro atoms. The first kappa shape index (κ1) is 26.6. The van der Waals surface area contributed by atoms with Gasteiger partial charge >= 0.3 is 5.97 Å². The van der Waals surface area contributed by atoms with Gasteiger partial charge in [-0.05, 0) is 78.4 Å². The van der Waals surface area contributed by atoms with E-state index in [0.717, 1.165) is 0 Å². The van der Waals surface area contributed by atoms with E-state index in [1.165, 1.54) is 13.3 Å². The minimum absolute atomic E-state index is 0.230. The zero-order valence-electron chi connectivity index (χ0n) is 21.2. The first-order valence-corrected chi connectivity index (χ1v) is 11.8. The molecule has 0 saturated heterocycles. The third kappa shape index (κ3) is 7.07. The summed E-state index contributed by atoms with van der Waals surface area (Å²) in [7, 11) is 2.99. The molecule has 9 nitrogen and oxygen atoms in total. The first-order valence-electron chi connectivity index (χ1n) is 11.8. The quantitative estimate of drug-likeness (QED) is 0.139. The van der Waals surface area contributed by atoms with Crippen LogP contribution in [0.25, 0.3) is 0 Å². The number of methoxy groups -OCH3 is 2. The highest BCUT2D eigenvalue weighted by atomic mass is 16.6. The molecule has 0 atom stereocenters.